The highest BCUT2D eigenvalue weighted by Crippen LogP contribution is 2.17. The molecule has 0 aliphatic heterocycles. The van der Waals surface area contributed by atoms with E-state index < -0.39 is 11.6 Å². The molecule has 1 aromatic heterocycles. The first-order valence-electron chi connectivity index (χ1n) is 6.33. The number of amides is 1. The number of hydrogen-bond donors (Lipinski definition) is 1. The zero-order chi connectivity index (χ0) is 15.2. The minimum atomic E-state index is -0.897. The van der Waals surface area contributed by atoms with Crippen molar-refractivity contribution in [2.75, 3.05) is 11.6 Å². The van der Waals surface area contributed by atoms with Gasteiger partial charge in [0, 0.05) is 18.3 Å². The van der Waals surface area contributed by atoms with Gasteiger partial charge in [-0.05, 0) is 36.4 Å². The predicted octanol–water partition coefficient (Wildman–Crippen LogP) is 3.65. The molecule has 1 N–H and O–H groups in total. The van der Waals surface area contributed by atoms with Crippen LogP contribution < -0.4 is 5.32 Å². The molecular weight excluding hydrogens is 294 g/mol. The predicted molar refractivity (Wildman–Crippen MR) is 79.3 cm³/mol. The number of carbonyl (C=O) groups is 1. The maximum atomic E-state index is 13.5. The van der Waals surface area contributed by atoms with Crippen LogP contribution in [0.2, 0.25) is 0 Å². The summed E-state index contributed by atoms with van der Waals surface area (Å²) in [5.41, 5.74) is 0.837. The van der Waals surface area contributed by atoms with Crippen molar-refractivity contribution in [1.29, 1.82) is 0 Å². The summed E-state index contributed by atoms with van der Waals surface area (Å²) in [7, 11) is 0. The van der Waals surface area contributed by atoms with Crippen molar-refractivity contribution in [3.8, 4) is 0 Å². The number of carbonyl (C=O) groups excluding carboxylic acids is 1. The van der Waals surface area contributed by atoms with Gasteiger partial charge in [-0.3, -0.25) is 4.79 Å². The third-order valence-corrected chi connectivity index (χ3v) is 3.52. The molecule has 0 aliphatic rings. The summed E-state index contributed by atoms with van der Waals surface area (Å²) in [5, 5.41) is 3.51. The van der Waals surface area contributed by atoms with Crippen molar-refractivity contribution < 1.29 is 13.6 Å². The second kappa shape index (κ2) is 7.17. The summed E-state index contributed by atoms with van der Waals surface area (Å²) in [6.45, 7) is 0. The summed E-state index contributed by atoms with van der Waals surface area (Å²) < 4.78 is 26.5. The van der Waals surface area contributed by atoms with E-state index in [1.54, 1.807) is 18.3 Å². The van der Waals surface area contributed by atoms with Gasteiger partial charge in [-0.2, -0.15) is 0 Å². The first kappa shape index (κ1) is 15.4. The van der Waals surface area contributed by atoms with E-state index >= 15 is 0 Å². The molecular formula is C15H14F2N2OS. The Balaban J connectivity index is 1.94. The molecule has 110 valence electrons. The van der Waals surface area contributed by atoms with Crippen LogP contribution in [0.1, 0.15) is 12.0 Å². The van der Waals surface area contributed by atoms with Crippen molar-refractivity contribution in [2.45, 2.75) is 17.9 Å². The molecule has 2 aromatic rings. The second-order valence-electron chi connectivity index (χ2n) is 4.35. The van der Waals surface area contributed by atoms with Crippen molar-refractivity contribution in [3.63, 3.8) is 0 Å². The fourth-order valence-corrected chi connectivity index (χ4v) is 2.22. The fraction of sp³-hybridized carbons (Fsp3) is 0.200. The van der Waals surface area contributed by atoms with Crippen LogP contribution in [-0.2, 0) is 11.2 Å². The number of aromatic nitrogens is 1. The molecule has 6 heteroatoms. The number of thioether (sulfide) groups is 1. The zero-order valence-corrected chi connectivity index (χ0v) is 12.2. The Hall–Kier alpha value is -1.95. The Kier molecular flexibility index (Phi) is 5.27. The van der Waals surface area contributed by atoms with E-state index in [1.165, 1.54) is 23.9 Å². The summed E-state index contributed by atoms with van der Waals surface area (Å²) in [4.78, 5) is 15.9. The lowest BCUT2D eigenvalue weighted by Gasteiger charge is -2.07. The Morgan fingerprint density at radius 2 is 2.14 bits per heavy atom. The van der Waals surface area contributed by atoms with Gasteiger partial charge in [-0.25, -0.2) is 13.8 Å². The van der Waals surface area contributed by atoms with Crippen molar-refractivity contribution in [2.24, 2.45) is 0 Å². The van der Waals surface area contributed by atoms with Gasteiger partial charge >= 0.3 is 0 Å². The number of benzene rings is 1. The van der Waals surface area contributed by atoms with E-state index in [4.69, 9.17) is 0 Å². The van der Waals surface area contributed by atoms with E-state index in [2.05, 4.69) is 10.3 Å². The number of aryl methyl sites for hydroxylation is 1. The molecule has 0 fully saturated rings. The average Bonchev–Trinajstić information content (AvgIpc) is 2.49. The molecule has 0 saturated heterocycles. The van der Waals surface area contributed by atoms with Crippen LogP contribution in [0.4, 0.5) is 14.5 Å². The first-order chi connectivity index (χ1) is 10.1. The highest BCUT2D eigenvalue weighted by atomic mass is 32.2. The van der Waals surface area contributed by atoms with Gasteiger partial charge in [0.05, 0.1) is 5.03 Å². The molecule has 1 aromatic carbocycles. The van der Waals surface area contributed by atoms with Gasteiger partial charge < -0.3 is 5.32 Å². The Bertz CT molecular complexity index is 649. The molecule has 0 atom stereocenters. The molecule has 0 radical (unpaired) electrons. The topological polar surface area (TPSA) is 42.0 Å². The minimum absolute atomic E-state index is 0.0807. The molecule has 1 amide bonds. The molecule has 0 aliphatic carbocycles. The normalized spacial score (nSPS) is 10.4. The van der Waals surface area contributed by atoms with E-state index in [-0.39, 0.29) is 24.3 Å². The summed E-state index contributed by atoms with van der Waals surface area (Å²) in [6, 6.07) is 7.40. The van der Waals surface area contributed by atoms with Gasteiger partial charge in [0.15, 0.2) is 11.6 Å². The summed E-state index contributed by atoms with van der Waals surface area (Å²) in [5.74, 6) is -2.04. The first-order valence-corrected chi connectivity index (χ1v) is 7.55. The third-order valence-electron chi connectivity index (χ3n) is 2.88. The van der Waals surface area contributed by atoms with Crippen molar-refractivity contribution in [3.05, 3.63) is 53.7 Å². The fourth-order valence-electron chi connectivity index (χ4n) is 1.81. The monoisotopic (exact) mass is 308 g/mol. The van der Waals surface area contributed by atoms with Crippen LogP contribution in [0.3, 0.4) is 0 Å². The van der Waals surface area contributed by atoms with E-state index in [0.717, 1.165) is 11.1 Å². The number of rotatable bonds is 5. The molecule has 3 nitrogen and oxygen atoms in total. The minimum Gasteiger partial charge on any atom is -0.326 e. The smallest absolute Gasteiger partial charge is 0.224 e. The second-order valence-corrected chi connectivity index (χ2v) is 5.17. The number of nitrogens with one attached hydrogen (secondary N) is 1. The Morgan fingerprint density at radius 1 is 1.33 bits per heavy atom. The molecule has 0 spiro atoms. The van der Waals surface area contributed by atoms with Gasteiger partial charge in [-0.15, -0.1) is 11.8 Å². The number of nitrogens with zero attached hydrogens (tertiary/aromatic N) is 1. The van der Waals surface area contributed by atoms with Crippen LogP contribution in [0.5, 0.6) is 0 Å². The van der Waals surface area contributed by atoms with Gasteiger partial charge in [0.25, 0.3) is 0 Å². The summed E-state index contributed by atoms with van der Waals surface area (Å²) in [6.07, 6.45) is 3.72. The maximum absolute atomic E-state index is 13.5. The lowest BCUT2D eigenvalue weighted by Crippen LogP contribution is -2.13. The van der Waals surface area contributed by atoms with Gasteiger partial charge in [-0.1, -0.05) is 12.1 Å². The number of pyridine rings is 1. The summed E-state index contributed by atoms with van der Waals surface area (Å²) >= 11 is 1.47. The number of halogens is 2. The largest absolute Gasteiger partial charge is 0.326 e. The molecule has 1 heterocycles. The molecule has 2 rings (SSSR count). The van der Waals surface area contributed by atoms with Crippen LogP contribution >= 0.6 is 11.8 Å². The van der Waals surface area contributed by atoms with Crippen LogP contribution in [-0.4, -0.2) is 17.1 Å². The Labute approximate surface area is 125 Å². The van der Waals surface area contributed by atoms with Crippen molar-refractivity contribution in [1.82, 2.24) is 4.98 Å². The van der Waals surface area contributed by atoms with E-state index in [1.807, 2.05) is 6.26 Å². The van der Waals surface area contributed by atoms with Crippen molar-refractivity contribution >= 4 is 23.4 Å². The zero-order valence-electron chi connectivity index (χ0n) is 11.4. The van der Waals surface area contributed by atoms with Gasteiger partial charge in [0.1, 0.15) is 0 Å². The number of anilines is 1. The molecule has 21 heavy (non-hydrogen) atoms. The third kappa shape index (κ3) is 4.26. The quantitative estimate of drug-likeness (QED) is 0.857. The Morgan fingerprint density at radius 3 is 2.90 bits per heavy atom. The van der Waals surface area contributed by atoms with E-state index in [0.29, 0.717) is 5.69 Å². The lowest BCUT2D eigenvalue weighted by molar-refractivity contribution is -0.116. The van der Waals surface area contributed by atoms with Crippen LogP contribution in [0.25, 0.3) is 0 Å². The highest BCUT2D eigenvalue weighted by Gasteiger charge is 2.10. The lowest BCUT2D eigenvalue weighted by atomic mass is 10.1. The molecule has 0 bridgehead atoms. The molecule has 0 saturated carbocycles. The molecule has 0 unspecified atom stereocenters. The van der Waals surface area contributed by atoms with Gasteiger partial charge in [0.2, 0.25) is 5.91 Å². The number of hydrogen-bond acceptors (Lipinski definition) is 3. The standard InChI is InChI=1S/C15H14F2N2OS/c1-21-14-9-11(7-8-18-14)19-13(20)6-5-10-3-2-4-12(16)15(10)17/h2-4,7-9H,5-6H2,1H3,(H,18,19,20). The SMILES string of the molecule is CSc1cc(NC(=O)CCc2cccc(F)c2F)ccn1. The average molecular weight is 308 g/mol. The highest BCUT2D eigenvalue weighted by molar-refractivity contribution is 7.98. The van der Waals surface area contributed by atoms with Crippen LogP contribution in [0, 0.1) is 11.6 Å². The van der Waals surface area contributed by atoms with Crippen LogP contribution in [0.15, 0.2) is 41.6 Å². The van der Waals surface area contributed by atoms with E-state index in [9.17, 15) is 13.6 Å². The maximum Gasteiger partial charge on any atom is 0.224 e.